The lowest BCUT2D eigenvalue weighted by molar-refractivity contribution is -0.193. The predicted molar refractivity (Wildman–Crippen MR) is 86.3 cm³/mol. The topological polar surface area (TPSA) is 64.6 Å². The van der Waals surface area contributed by atoms with Gasteiger partial charge in [-0.3, -0.25) is 10.1 Å². The molecule has 140 valence electrons. The molecule has 1 aromatic rings. The zero-order chi connectivity index (χ0) is 19.5. The number of ether oxygens (including phenoxy) is 2. The van der Waals surface area contributed by atoms with Crippen LogP contribution in [0.15, 0.2) is 24.3 Å². The predicted octanol–water partition coefficient (Wildman–Crippen LogP) is 4.42. The number of halogens is 3. The maximum absolute atomic E-state index is 13.5. The largest absolute Gasteiger partial charge is 0.469 e. The molecule has 5 nitrogen and oxygen atoms in total. The number of hydrogen-bond donors (Lipinski definition) is 1. The van der Waals surface area contributed by atoms with Gasteiger partial charge in [-0.25, -0.2) is 4.79 Å². The summed E-state index contributed by atoms with van der Waals surface area (Å²) in [4.78, 5) is 23.1. The number of amides is 1. The van der Waals surface area contributed by atoms with Crippen molar-refractivity contribution in [1.82, 2.24) is 0 Å². The summed E-state index contributed by atoms with van der Waals surface area (Å²) in [6, 6.07) is 5.06. The molecule has 8 heteroatoms. The molecule has 1 unspecified atom stereocenters. The zero-order valence-electron chi connectivity index (χ0n) is 14.8. The minimum atomic E-state index is -4.65. The maximum Gasteiger partial charge on any atom is 0.412 e. The highest BCUT2D eigenvalue weighted by molar-refractivity contribution is 5.84. The van der Waals surface area contributed by atoms with Crippen LogP contribution in [0.5, 0.6) is 0 Å². The summed E-state index contributed by atoms with van der Waals surface area (Å²) < 4.78 is 49.9. The molecule has 0 heterocycles. The Morgan fingerprint density at radius 2 is 1.56 bits per heavy atom. The van der Waals surface area contributed by atoms with Gasteiger partial charge in [0.05, 0.1) is 18.9 Å². The van der Waals surface area contributed by atoms with Crippen molar-refractivity contribution in [3.05, 3.63) is 29.8 Å². The SMILES string of the molecule is COC(=O)CC(C)(c1ccc(NC(=O)OC(C)(C)C)cc1)C(F)(F)F. The van der Waals surface area contributed by atoms with Crippen molar-refractivity contribution in [2.24, 2.45) is 0 Å². The van der Waals surface area contributed by atoms with Crippen LogP contribution in [0, 0.1) is 0 Å². The summed E-state index contributed by atoms with van der Waals surface area (Å²) in [6.07, 6.45) is -6.21. The van der Waals surface area contributed by atoms with Crippen molar-refractivity contribution in [2.45, 2.75) is 51.3 Å². The van der Waals surface area contributed by atoms with Gasteiger partial charge in [0.2, 0.25) is 0 Å². The Hall–Kier alpha value is -2.25. The third-order valence-corrected chi connectivity index (χ3v) is 3.52. The molecule has 0 saturated heterocycles. The second-order valence-electron chi connectivity index (χ2n) is 6.79. The maximum atomic E-state index is 13.5. The molecule has 0 saturated carbocycles. The first-order valence-corrected chi connectivity index (χ1v) is 7.52. The fourth-order valence-electron chi connectivity index (χ4n) is 2.07. The van der Waals surface area contributed by atoms with E-state index in [0.717, 1.165) is 14.0 Å². The standard InChI is InChI=1S/C17H22F3NO4/c1-15(2,3)25-14(23)21-12-8-6-11(7-9-12)16(4,17(18,19)20)10-13(22)24-5/h6-9H,10H2,1-5H3,(H,21,23). The average Bonchev–Trinajstić information content (AvgIpc) is 2.44. The summed E-state index contributed by atoms with van der Waals surface area (Å²) >= 11 is 0. The first-order valence-electron chi connectivity index (χ1n) is 7.52. The molecule has 0 bridgehead atoms. The first-order chi connectivity index (χ1) is 11.3. The number of benzene rings is 1. The van der Waals surface area contributed by atoms with Crippen LogP contribution in [0.1, 0.15) is 39.7 Å². The van der Waals surface area contributed by atoms with Crippen LogP contribution in [-0.2, 0) is 19.7 Å². The fraction of sp³-hybridized carbons (Fsp3) is 0.529. The number of rotatable bonds is 4. The smallest absolute Gasteiger partial charge is 0.412 e. The van der Waals surface area contributed by atoms with E-state index in [1.807, 2.05) is 0 Å². The fourth-order valence-corrected chi connectivity index (χ4v) is 2.07. The lowest BCUT2D eigenvalue weighted by atomic mass is 9.78. The van der Waals surface area contributed by atoms with Crippen LogP contribution in [0.4, 0.5) is 23.7 Å². The van der Waals surface area contributed by atoms with E-state index >= 15 is 0 Å². The van der Waals surface area contributed by atoms with Crippen LogP contribution < -0.4 is 5.32 Å². The van der Waals surface area contributed by atoms with Crippen molar-refractivity contribution in [2.75, 3.05) is 12.4 Å². The molecule has 0 radical (unpaired) electrons. The van der Waals surface area contributed by atoms with Gasteiger partial charge in [0.15, 0.2) is 0 Å². The number of methoxy groups -OCH3 is 1. The molecule has 0 fully saturated rings. The lowest BCUT2D eigenvalue weighted by Crippen LogP contribution is -2.41. The van der Waals surface area contributed by atoms with Crippen molar-refractivity contribution in [1.29, 1.82) is 0 Å². The molecular weight excluding hydrogens is 339 g/mol. The van der Waals surface area contributed by atoms with Crippen LogP contribution in [0.3, 0.4) is 0 Å². The van der Waals surface area contributed by atoms with E-state index in [1.54, 1.807) is 20.8 Å². The molecule has 1 amide bonds. The summed E-state index contributed by atoms with van der Waals surface area (Å²) in [6.45, 7) is 6.01. The molecule has 1 rings (SSSR count). The van der Waals surface area contributed by atoms with Gasteiger partial charge in [-0.15, -0.1) is 0 Å². The first kappa shape index (κ1) is 20.8. The Balaban J connectivity index is 3.01. The number of nitrogens with one attached hydrogen (secondary N) is 1. The van der Waals surface area contributed by atoms with E-state index in [9.17, 15) is 22.8 Å². The van der Waals surface area contributed by atoms with E-state index in [0.29, 0.717) is 0 Å². The highest BCUT2D eigenvalue weighted by atomic mass is 19.4. The quantitative estimate of drug-likeness (QED) is 0.807. The van der Waals surface area contributed by atoms with Gasteiger partial charge in [0.1, 0.15) is 5.60 Å². The molecule has 0 aliphatic carbocycles. The van der Waals surface area contributed by atoms with Crippen LogP contribution in [0.25, 0.3) is 0 Å². The zero-order valence-corrected chi connectivity index (χ0v) is 14.8. The summed E-state index contributed by atoms with van der Waals surface area (Å²) in [5.41, 5.74) is -2.93. The molecule has 1 aromatic carbocycles. The van der Waals surface area contributed by atoms with Crippen molar-refractivity contribution in [3.63, 3.8) is 0 Å². The third kappa shape index (κ3) is 5.65. The lowest BCUT2D eigenvalue weighted by Gasteiger charge is -2.31. The van der Waals surface area contributed by atoms with Gasteiger partial charge in [-0.05, 0) is 45.4 Å². The molecule has 0 aromatic heterocycles. The minimum Gasteiger partial charge on any atom is -0.469 e. The van der Waals surface area contributed by atoms with Gasteiger partial charge in [-0.1, -0.05) is 12.1 Å². The number of alkyl halides is 3. The average molecular weight is 361 g/mol. The molecule has 0 aliphatic rings. The Bertz CT molecular complexity index is 620. The van der Waals surface area contributed by atoms with Gasteiger partial charge in [-0.2, -0.15) is 13.2 Å². The Labute approximate surface area is 144 Å². The van der Waals surface area contributed by atoms with Crippen molar-refractivity contribution in [3.8, 4) is 0 Å². The van der Waals surface area contributed by atoms with Crippen LogP contribution >= 0.6 is 0 Å². The van der Waals surface area contributed by atoms with Crippen molar-refractivity contribution < 1.29 is 32.2 Å². The number of esters is 1. The third-order valence-electron chi connectivity index (χ3n) is 3.52. The van der Waals surface area contributed by atoms with E-state index < -0.39 is 35.7 Å². The highest BCUT2D eigenvalue weighted by Gasteiger charge is 2.53. The summed E-state index contributed by atoms with van der Waals surface area (Å²) in [5.74, 6) is -0.962. The molecular formula is C17H22F3NO4. The van der Waals surface area contributed by atoms with E-state index in [1.165, 1.54) is 24.3 Å². The molecule has 0 spiro atoms. The molecule has 1 N–H and O–H groups in total. The second kappa shape index (κ2) is 7.33. The summed E-state index contributed by atoms with van der Waals surface area (Å²) in [5, 5.41) is 2.43. The van der Waals surface area contributed by atoms with E-state index in [-0.39, 0.29) is 11.3 Å². The van der Waals surface area contributed by atoms with Gasteiger partial charge in [0.25, 0.3) is 0 Å². The highest BCUT2D eigenvalue weighted by Crippen LogP contribution is 2.44. The van der Waals surface area contributed by atoms with E-state index in [4.69, 9.17) is 4.74 Å². The molecule has 1 atom stereocenters. The van der Waals surface area contributed by atoms with Crippen molar-refractivity contribution >= 4 is 17.7 Å². The Morgan fingerprint density at radius 1 is 1.04 bits per heavy atom. The Kier molecular flexibility index (Phi) is 6.09. The molecule has 25 heavy (non-hydrogen) atoms. The van der Waals surface area contributed by atoms with E-state index in [2.05, 4.69) is 10.1 Å². The van der Waals surface area contributed by atoms with Gasteiger partial charge < -0.3 is 9.47 Å². The number of carbonyl (C=O) groups excluding carboxylic acids is 2. The van der Waals surface area contributed by atoms with Gasteiger partial charge >= 0.3 is 18.2 Å². The van der Waals surface area contributed by atoms with Gasteiger partial charge in [0, 0.05) is 5.69 Å². The number of hydrogen-bond acceptors (Lipinski definition) is 4. The monoisotopic (exact) mass is 361 g/mol. The normalized spacial score (nSPS) is 14.4. The van der Waals surface area contributed by atoms with Crippen LogP contribution in [0.2, 0.25) is 0 Å². The second-order valence-corrected chi connectivity index (χ2v) is 6.79. The number of carbonyl (C=O) groups is 2. The summed E-state index contributed by atoms with van der Waals surface area (Å²) in [7, 11) is 1.03. The minimum absolute atomic E-state index is 0.111. The molecule has 0 aliphatic heterocycles. The Morgan fingerprint density at radius 3 is 1.96 bits per heavy atom. The van der Waals surface area contributed by atoms with Crippen LogP contribution in [-0.4, -0.2) is 30.9 Å². The number of anilines is 1.